The van der Waals surface area contributed by atoms with Gasteiger partial charge in [-0.05, 0) is 18.1 Å². The van der Waals surface area contributed by atoms with E-state index < -0.39 is 0 Å². The standard InChI is InChI=1S/C12H12FNO/c1-7-6-14-10(15)5-3-8-2-4-9(13)11(7)12(8)14/h2,4,7H,3,5-6H2,1H3. The fraction of sp³-hybridized carbons (Fsp3) is 0.417. The molecule has 0 fully saturated rings. The topological polar surface area (TPSA) is 20.3 Å². The largest absolute Gasteiger partial charge is 0.311 e. The molecule has 1 aromatic carbocycles. The van der Waals surface area contributed by atoms with Gasteiger partial charge in [0.25, 0.3) is 0 Å². The molecule has 0 saturated heterocycles. The smallest absolute Gasteiger partial charge is 0.227 e. The van der Waals surface area contributed by atoms with Gasteiger partial charge < -0.3 is 4.90 Å². The van der Waals surface area contributed by atoms with Gasteiger partial charge in [-0.2, -0.15) is 0 Å². The lowest BCUT2D eigenvalue weighted by atomic mass is 9.96. The average Bonchev–Trinajstić information content (AvgIpc) is 2.56. The van der Waals surface area contributed by atoms with Crippen molar-refractivity contribution < 1.29 is 9.18 Å². The van der Waals surface area contributed by atoms with E-state index in [2.05, 4.69) is 0 Å². The average molecular weight is 205 g/mol. The number of aryl methyl sites for hydroxylation is 1. The number of carbonyl (C=O) groups excluding carboxylic acids is 1. The summed E-state index contributed by atoms with van der Waals surface area (Å²) in [5, 5.41) is 0. The van der Waals surface area contributed by atoms with Gasteiger partial charge in [0.1, 0.15) is 5.82 Å². The molecule has 78 valence electrons. The normalized spacial score (nSPS) is 23.2. The van der Waals surface area contributed by atoms with Gasteiger partial charge in [0.05, 0.1) is 5.69 Å². The zero-order valence-electron chi connectivity index (χ0n) is 8.59. The van der Waals surface area contributed by atoms with Gasteiger partial charge in [0, 0.05) is 24.4 Å². The summed E-state index contributed by atoms with van der Waals surface area (Å²) in [7, 11) is 0. The summed E-state index contributed by atoms with van der Waals surface area (Å²) >= 11 is 0. The van der Waals surface area contributed by atoms with Crippen LogP contribution < -0.4 is 4.90 Å². The van der Waals surface area contributed by atoms with E-state index in [1.54, 1.807) is 4.90 Å². The Morgan fingerprint density at radius 3 is 3.00 bits per heavy atom. The van der Waals surface area contributed by atoms with E-state index in [-0.39, 0.29) is 17.6 Å². The lowest BCUT2D eigenvalue weighted by molar-refractivity contribution is -0.118. The molecule has 0 spiro atoms. The first-order valence-electron chi connectivity index (χ1n) is 5.30. The number of hydrogen-bond donors (Lipinski definition) is 0. The molecule has 2 nitrogen and oxygen atoms in total. The molecule has 3 rings (SSSR count). The minimum atomic E-state index is -0.168. The number of carbonyl (C=O) groups is 1. The van der Waals surface area contributed by atoms with E-state index in [4.69, 9.17) is 0 Å². The molecule has 0 radical (unpaired) electrons. The van der Waals surface area contributed by atoms with Crippen molar-refractivity contribution >= 4 is 11.6 Å². The third-order valence-electron chi connectivity index (χ3n) is 3.38. The van der Waals surface area contributed by atoms with Crippen molar-refractivity contribution in [3.63, 3.8) is 0 Å². The molecule has 2 aliphatic heterocycles. The van der Waals surface area contributed by atoms with E-state index in [9.17, 15) is 9.18 Å². The highest BCUT2D eigenvalue weighted by Crippen LogP contribution is 2.43. The van der Waals surface area contributed by atoms with Crippen LogP contribution in [0.15, 0.2) is 12.1 Å². The van der Waals surface area contributed by atoms with E-state index in [0.717, 1.165) is 23.2 Å². The third-order valence-corrected chi connectivity index (χ3v) is 3.38. The predicted octanol–water partition coefficient (Wildman–Crippen LogP) is 2.22. The van der Waals surface area contributed by atoms with Crippen LogP contribution in [0, 0.1) is 5.82 Å². The molecule has 1 unspecified atom stereocenters. The molecular weight excluding hydrogens is 193 g/mol. The van der Waals surface area contributed by atoms with E-state index in [0.29, 0.717) is 13.0 Å². The Morgan fingerprint density at radius 2 is 2.20 bits per heavy atom. The monoisotopic (exact) mass is 205 g/mol. The molecule has 0 N–H and O–H groups in total. The summed E-state index contributed by atoms with van der Waals surface area (Å²) in [6.07, 6.45) is 1.31. The van der Waals surface area contributed by atoms with E-state index in [1.807, 2.05) is 13.0 Å². The predicted molar refractivity (Wildman–Crippen MR) is 55.5 cm³/mol. The van der Waals surface area contributed by atoms with Crippen LogP contribution in [-0.4, -0.2) is 12.5 Å². The maximum Gasteiger partial charge on any atom is 0.227 e. The number of rotatable bonds is 0. The van der Waals surface area contributed by atoms with Crippen molar-refractivity contribution in [2.45, 2.75) is 25.7 Å². The molecule has 3 heteroatoms. The molecule has 2 aliphatic rings. The maximum atomic E-state index is 13.6. The van der Waals surface area contributed by atoms with Crippen molar-refractivity contribution in [2.75, 3.05) is 11.4 Å². The summed E-state index contributed by atoms with van der Waals surface area (Å²) in [6.45, 7) is 2.62. The number of amides is 1. The molecule has 0 aliphatic carbocycles. The van der Waals surface area contributed by atoms with Gasteiger partial charge in [-0.15, -0.1) is 0 Å². The Kier molecular flexibility index (Phi) is 1.67. The zero-order valence-corrected chi connectivity index (χ0v) is 8.59. The van der Waals surface area contributed by atoms with Crippen molar-refractivity contribution in [1.82, 2.24) is 0 Å². The van der Waals surface area contributed by atoms with Gasteiger partial charge in [0.2, 0.25) is 5.91 Å². The third kappa shape index (κ3) is 1.06. The summed E-state index contributed by atoms with van der Waals surface area (Å²) in [6, 6.07) is 3.34. The van der Waals surface area contributed by atoms with Crippen LogP contribution >= 0.6 is 0 Å². The second-order valence-corrected chi connectivity index (χ2v) is 4.37. The number of hydrogen-bond acceptors (Lipinski definition) is 1. The zero-order chi connectivity index (χ0) is 10.6. The van der Waals surface area contributed by atoms with Crippen molar-refractivity contribution in [3.8, 4) is 0 Å². The summed E-state index contributed by atoms with van der Waals surface area (Å²) < 4.78 is 13.6. The van der Waals surface area contributed by atoms with Crippen LogP contribution in [0.5, 0.6) is 0 Å². The minimum absolute atomic E-state index is 0.127. The first-order chi connectivity index (χ1) is 7.18. The van der Waals surface area contributed by atoms with Crippen molar-refractivity contribution in [3.05, 3.63) is 29.1 Å². The molecule has 1 aromatic rings. The van der Waals surface area contributed by atoms with E-state index >= 15 is 0 Å². The van der Waals surface area contributed by atoms with Crippen LogP contribution in [0.1, 0.15) is 30.4 Å². The summed E-state index contributed by atoms with van der Waals surface area (Å²) in [4.78, 5) is 13.4. The fourth-order valence-corrected chi connectivity index (χ4v) is 2.68. The molecular formula is C12H12FNO. The van der Waals surface area contributed by atoms with Crippen LogP contribution in [0.25, 0.3) is 0 Å². The second-order valence-electron chi connectivity index (χ2n) is 4.37. The summed E-state index contributed by atoms with van der Waals surface area (Å²) in [5.74, 6) is 0.0964. The summed E-state index contributed by atoms with van der Waals surface area (Å²) in [5.41, 5.74) is 2.72. The molecule has 15 heavy (non-hydrogen) atoms. The van der Waals surface area contributed by atoms with Gasteiger partial charge in [0.15, 0.2) is 0 Å². The maximum absolute atomic E-state index is 13.6. The van der Waals surface area contributed by atoms with E-state index in [1.165, 1.54) is 6.07 Å². The Morgan fingerprint density at radius 1 is 1.40 bits per heavy atom. The van der Waals surface area contributed by atoms with Gasteiger partial charge >= 0.3 is 0 Å². The molecule has 0 aromatic heterocycles. The SMILES string of the molecule is CC1CN2C(=O)CCc3ccc(F)c1c32. The molecule has 1 atom stereocenters. The number of anilines is 1. The Balaban J connectivity index is 2.28. The van der Waals surface area contributed by atoms with Crippen molar-refractivity contribution in [1.29, 1.82) is 0 Å². The Hall–Kier alpha value is -1.38. The highest BCUT2D eigenvalue weighted by atomic mass is 19.1. The lowest BCUT2D eigenvalue weighted by Gasteiger charge is -2.25. The van der Waals surface area contributed by atoms with Gasteiger partial charge in [-0.25, -0.2) is 4.39 Å². The molecule has 2 heterocycles. The minimum Gasteiger partial charge on any atom is -0.311 e. The first kappa shape index (κ1) is 8.89. The van der Waals surface area contributed by atoms with Gasteiger partial charge in [-0.3, -0.25) is 4.79 Å². The number of benzene rings is 1. The lowest BCUT2D eigenvalue weighted by Crippen LogP contribution is -2.33. The van der Waals surface area contributed by atoms with Gasteiger partial charge in [-0.1, -0.05) is 13.0 Å². The highest BCUT2D eigenvalue weighted by Gasteiger charge is 2.36. The molecule has 0 bridgehead atoms. The molecule has 0 saturated carbocycles. The fourth-order valence-electron chi connectivity index (χ4n) is 2.68. The van der Waals surface area contributed by atoms with Crippen LogP contribution in [0.4, 0.5) is 10.1 Å². The number of halogens is 1. The Bertz CT molecular complexity index is 455. The number of nitrogens with zero attached hydrogens (tertiary/aromatic N) is 1. The first-order valence-corrected chi connectivity index (χ1v) is 5.30. The second kappa shape index (κ2) is 2.81. The van der Waals surface area contributed by atoms with Crippen LogP contribution in [0.2, 0.25) is 0 Å². The van der Waals surface area contributed by atoms with Crippen LogP contribution in [-0.2, 0) is 11.2 Å². The molecule has 1 amide bonds. The van der Waals surface area contributed by atoms with Crippen LogP contribution in [0.3, 0.4) is 0 Å². The van der Waals surface area contributed by atoms with Crippen molar-refractivity contribution in [2.24, 2.45) is 0 Å². The quantitative estimate of drug-likeness (QED) is 0.636. The Labute approximate surface area is 87.7 Å². The highest BCUT2D eigenvalue weighted by molar-refractivity contribution is 5.99.